The average molecular weight is 823 g/mol. The Labute approximate surface area is 365 Å². The Balaban J connectivity index is 0.999. The lowest BCUT2D eigenvalue weighted by atomic mass is 9.95. The quantitative estimate of drug-likeness (QED) is 0.168. The molecule has 0 bridgehead atoms. The molecule has 0 aliphatic carbocycles. The van der Waals surface area contributed by atoms with E-state index >= 15 is 0 Å². The lowest BCUT2D eigenvalue weighted by molar-refractivity contribution is 0.669. The Morgan fingerprint density at radius 3 is 1.81 bits per heavy atom. The molecule has 4 heterocycles. The zero-order valence-electron chi connectivity index (χ0n) is 33.7. The normalized spacial score (nSPS) is 11.8. The Morgan fingerprint density at radius 2 is 0.952 bits per heavy atom. The number of hydrogen-bond donors (Lipinski definition) is 0. The molecule has 0 fully saturated rings. The number of para-hydroxylation sites is 2. The molecule has 5 nitrogen and oxygen atoms in total. The van der Waals surface area contributed by atoms with E-state index in [0.29, 0.717) is 17.5 Å². The highest BCUT2D eigenvalue weighted by Gasteiger charge is 2.21. The van der Waals surface area contributed by atoms with Crippen LogP contribution in [0.1, 0.15) is 0 Å². The first-order chi connectivity index (χ1) is 31.2. The first-order valence-corrected chi connectivity index (χ1v) is 21.9. The zero-order valence-corrected chi connectivity index (χ0v) is 34.6. The number of benzene rings is 9. The maximum absolute atomic E-state index is 6.59. The fraction of sp³-hybridized carbons (Fsp3) is 0. The van der Waals surface area contributed by atoms with Crippen molar-refractivity contribution in [1.82, 2.24) is 19.5 Å². The molecular formula is C57H34N4OS. The third kappa shape index (κ3) is 5.73. The molecule has 9 aromatic carbocycles. The smallest absolute Gasteiger partial charge is 0.164 e. The summed E-state index contributed by atoms with van der Waals surface area (Å²) in [6.07, 6.45) is 0. The summed E-state index contributed by atoms with van der Waals surface area (Å²) in [6, 6.07) is 72.6. The summed E-state index contributed by atoms with van der Waals surface area (Å²) in [5.74, 6) is 1.80. The van der Waals surface area contributed by atoms with Crippen LogP contribution < -0.4 is 0 Å². The molecule has 0 amide bonds. The summed E-state index contributed by atoms with van der Waals surface area (Å²) in [5.41, 5.74) is 12.3. The molecule has 0 spiro atoms. The summed E-state index contributed by atoms with van der Waals surface area (Å²) in [7, 11) is 0. The van der Waals surface area contributed by atoms with Crippen molar-refractivity contribution in [3.05, 3.63) is 206 Å². The number of hydrogen-bond acceptors (Lipinski definition) is 5. The van der Waals surface area contributed by atoms with E-state index in [0.717, 1.165) is 66.6 Å². The first-order valence-electron chi connectivity index (χ1n) is 21.1. The van der Waals surface area contributed by atoms with Gasteiger partial charge in [-0.25, -0.2) is 15.0 Å². The average Bonchev–Trinajstić information content (AvgIpc) is 4.04. The summed E-state index contributed by atoms with van der Waals surface area (Å²) in [6.45, 7) is 0. The van der Waals surface area contributed by atoms with E-state index in [-0.39, 0.29) is 0 Å². The highest BCUT2D eigenvalue weighted by molar-refractivity contribution is 7.25. The molecule has 4 aromatic heterocycles. The van der Waals surface area contributed by atoms with Crippen LogP contribution in [-0.2, 0) is 0 Å². The van der Waals surface area contributed by atoms with Gasteiger partial charge >= 0.3 is 0 Å². The first kappa shape index (κ1) is 35.6. The van der Waals surface area contributed by atoms with Crippen LogP contribution in [0.15, 0.2) is 211 Å². The van der Waals surface area contributed by atoms with Gasteiger partial charge in [-0.3, -0.25) is 0 Å². The van der Waals surface area contributed by atoms with Crippen LogP contribution >= 0.6 is 11.3 Å². The van der Waals surface area contributed by atoms with Crippen molar-refractivity contribution in [2.75, 3.05) is 0 Å². The van der Waals surface area contributed by atoms with Gasteiger partial charge in [0.15, 0.2) is 17.5 Å². The van der Waals surface area contributed by atoms with Gasteiger partial charge in [0.2, 0.25) is 0 Å². The highest BCUT2D eigenvalue weighted by atomic mass is 32.1. The standard InChI is InChI=1S/C57H34N4OS/c1-3-15-35(16-4-1)55-58-56(42-21-8-7-19-39(42)41-23-14-28-52-54(41)43-22-10-12-27-51(43)63-52)60-57(59-55)44-24-13-26-50-53(44)46-34-37(30-32-49(46)62-50)36-29-31-48-45(33-36)40-20-9-11-25-47(40)61(48)38-17-5-2-6-18-38/h1-34H. The summed E-state index contributed by atoms with van der Waals surface area (Å²) >= 11 is 1.82. The minimum atomic E-state index is 0.585. The predicted octanol–water partition coefficient (Wildman–Crippen LogP) is 15.6. The molecule has 0 atom stereocenters. The van der Waals surface area contributed by atoms with Gasteiger partial charge in [-0.05, 0) is 82.9 Å². The molecule has 13 rings (SSSR count). The molecule has 63 heavy (non-hydrogen) atoms. The van der Waals surface area contributed by atoms with Crippen LogP contribution in [0.4, 0.5) is 0 Å². The lowest BCUT2D eigenvalue weighted by Gasteiger charge is -2.13. The van der Waals surface area contributed by atoms with Crippen LogP contribution in [0.25, 0.3) is 126 Å². The SMILES string of the molecule is c1ccc(-c2nc(-c3ccccc3-c3cccc4sc5ccccc5c34)nc(-c3cccc4oc5ccc(-c6ccc7c(c6)c6ccccc6n7-c6ccccc6)cc5c34)n2)cc1. The minimum Gasteiger partial charge on any atom is -0.456 e. The predicted molar refractivity (Wildman–Crippen MR) is 262 cm³/mol. The van der Waals surface area contributed by atoms with Crippen LogP contribution in [0.2, 0.25) is 0 Å². The molecule has 13 aromatic rings. The third-order valence-electron chi connectivity index (χ3n) is 12.3. The van der Waals surface area contributed by atoms with E-state index in [2.05, 4.69) is 180 Å². The van der Waals surface area contributed by atoms with E-state index in [1.165, 1.54) is 42.0 Å². The lowest BCUT2D eigenvalue weighted by Crippen LogP contribution is -2.01. The van der Waals surface area contributed by atoms with Crippen molar-refractivity contribution in [2.24, 2.45) is 0 Å². The summed E-state index contributed by atoms with van der Waals surface area (Å²) in [4.78, 5) is 15.8. The van der Waals surface area contributed by atoms with Crippen molar-refractivity contribution in [2.45, 2.75) is 0 Å². The number of fused-ring (bicyclic) bond motifs is 9. The fourth-order valence-corrected chi connectivity index (χ4v) is 10.6. The molecule has 0 N–H and O–H groups in total. The van der Waals surface area contributed by atoms with Gasteiger partial charge in [-0.2, -0.15) is 0 Å². The summed E-state index contributed by atoms with van der Waals surface area (Å²) < 4.78 is 11.5. The fourth-order valence-electron chi connectivity index (χ4n) is 9.45. The largest absolute Gasteiger partial charge is 0.456 e. The molecule has 0 radical (unpaired) electrons. The third-order valence-corrected chi connectivity index (χ3v) is 13.4. The Kier molecular flexibility index (Phi) is 8.01. The Hall–Kier alpha value is -8.19. The highest BCUT2D eigenvalue weighted by Crippen LogP contribution is 2.44. The van der Waals surface area contributed by atoms with Gasteiger partial charge in [0.25, 0.3) is 0 Å². The van der Waals surface area contributed by atoms with E-state index in [4.69, 9.17) is 19.4 Å². The number of aromatic nitrogens is 4. The van der Waals surface area contributed by atoms with Crippen molar-refractivity contribution in [1.29, 1.82) is 0 Å². The van der Waals surface area contributed by atoms with Crippen LogP contribution in [-0.4, -0.2) is 19.5 Å². The van der Waals surface area contributed by atoms with Crippen LogP contribution in [0.3, 0.4) is 0 Å². The maximum atomic E-state index is 6.59. The van der Waals surface area contributed by atoms with Crippen molar-refractivity contribution >= 4 is 75.3 Å². The van der Waals surface area contributed by atoms with Crippen molar-refractivity contribution in [3.63, 3.8) is 0 Å². The van der Waals surface area contributed by atoms with Gasteiger partial charge in [0.05, 0.1) is 11.0 Å². The van der Waals surface area contributed by atoms with Gasteiger partial charge < -0.3 is 8.98 Å². The monoisotopic (exact) mass is 822 g/mol. The zero-order chi connectivity index (χ0) is 41.4. The number of furan rings is 1. The summed E-state index contributed by atoms with van der Waals surface area (Å²) in [5, 5.41) is 6.90. The maximum Gasteiger partial charge on any atom is 0.164 e. The van der Waals surface area contributed by atoms with Crippen LogP contribution in [0.5, 0.6) is 0 Å². The number of nitrogens with zero attached hydrogens (tertiary/aromatic N) is 4. The molecule has 294 valence electrons. The van der Waals surface area contributed by atoms with Gasteiger partial charge in [-0.15, -0.1) is 11.3 Å². The van der Waals surface area contributed by atoms with Crippen LogP contribution in [0, 0.1) is 0 Å². The minimum absolute atomic E-state index is 0.585. The Morgan fingerprint density at radius 1 is 0.349 bits per heavy atom. The van der Waals surface area contributed by atoms with Gasteiger partial charge in [0.1, 0.15) is 11.2 Å². The second-order valence-corrected chi connectivity index (χ2v) is 17.0. The molecular weight excluding hydrogens is 789 g/mol. The van der Waals surface area contributed by atoms with Gasteiger partial charge in [0, 0.05) is 64.1 Å². The van der Waals surface area contributed by atoms with Crippen molar-refractivity contribution in [3.8, 4) is 62.1 Å². The molecule has 0 saturated heterocycles. The molecule has 0 unspecified atom stereocenters. The number of rotatable bonds is 6. The van der Waals surface area contributed by atoms with Gasteiger partial charge in [-0.1, -0.05) is 146 Å². The van der Waals surface area contributed by atoms with E-state index in [1.54, 1.807) is 0 Å². The Bertz CT molecular complexity index is 3920. The van der Waals surface area contributed by atoms with Crippen molar-refractivity contribution < 1.29 is 4.42 Å². The topological polar surface area (TPSA) is 56.7 Å². The molecule has 0 saturated carbocycles. The second kappa shape index (κ2) is 14.2. The molecule has 0 aliphatic heterocycles. The second-order valence-electron chi connectivity index (χ2n) is 15.9. The van der Waals surface area contributed by atoms with E-state index < -0.39 is 0 Å². The van der Waals surface area contributed by atoms with E-state index in [9.17, 15) is 0 Å². The molecule has 0 aliphatic rings. The van der Waals surface area contributed by atoms with E-state index in [1.807, 2.05) is 41.7 Å². The number of thiophene rings is 1. The molecule has 6 heteroatoms.